The number of hydrogen-bond acceptors (Lipinski definition) is 6. The number of nitrogens with one attached hydrogen (secondary N) is 1. The van der Waals surface area contributed by atoms with Gasteiger partial charge in [0.25, 0.3) is 5.91 Å². The average Bonchev–Trinajstić information content (AvgIpc) is 2.79. The van der Waals surface area contributed by atoms with E-state index in [-0.39, 0.29) is 0 Å². The summed E-state index contributed by atoms with van der Waals surface area (Å²) in [6.45, 7) is 3.26. The van der Waals surface area contributed by atoms with E-state index in [1.54, 1.807) is 24.3 Å². The van der Waals surface area contributed by atoms with Crippen molar-refractivity contribution in [2.24, 2.45) is 0 Å². The molecule has 1 aliphatic heterocycles. The molecule has 156 valence electrons. The van der Waals surface area contributed by atoms with E-state index in [1.165, 1.54) is 26.2 Å². The molecule has 0 spiro atoms. The molecule has 0 unspecified atom stereocenters. The molecule has 2 aromatic carbocycles. The van der Waals surface area contributed by atoms with Gasteiger partial charge in [-0.3, -0.25) is 4.79 Å². The highest BCUT2D eigenvalue weighted by Crippen LogP contribution is 2.21. The van der Waals surface area contributed by atoms with Gasteiger partial charge in [0.05, 0.1) is 11.6 Å². The second-order valence-electron chi connectivity index (χ2n) is 7.15. The van der Waals surface area contributed by atoms with Crippen molar-refractivity contribution >= 4 is 23.3 Å². The molecular weight excluding hydrogens is 382 g/mol. The highest BCUT2D eigenvalue weighted by atomic mass is 16.6. The van der Waals surface area contributed by atoms with Gasteiger partial charge in [0.2, 0.25) is 0 Å². The molecule has 0 bridgehead atoms. The molecule has 1 atom stereocenters. The molecule has 1 fully saturated rings. The fourth-order valence-corrected chi connectivity index (χ4v) is 3.22. The quantitative estimate of drug-likeness (QED) is 0.707. The summed E-state index contributed by atoms with van der Waals surface area (Å²) < 4.78 is 10.5. The Balaban J connectivity index is 1.43. The number of rotatable bonds is 7. The van der Waals surface area contributed by atoms with Crippen LogP contribution in [0.25, 0.3) is 0 Å². The molecule has 7 nitrogen and oxygen atoms in total. The number of benzene rings is 2. The molecule has 0 aromatic heterocycles. The minimum absolute atomic E-state index is 0.395. The minimum Gasteiger partial charge on any atom is -0.479 e. The highest BCUT2D eigenvalue weighted by Gasteiger charge is 2.18. The van der Waals surface area contributed by atoms with Crippen LogP contribution in [0.1, 0.15) is 31.7 Å². The average molecular weight is 407 g/mol. The number of piperidine rings is 1. The van der Waals surface area contributed by atoms with E-state index in [1.807, 2.05) is 30.3 Å². The van der Waals surface area contributed by atoms with Crippen LogP contribution >= 0.6 is 0 Å². The summed E-state index contributed by atoms with van der Waals surface area (Å²) in [5.74, 6) is -0.619. The third kappa shape index (κ3) is 5.98. The fourth-order valence-electron chi connectivity index (χ4n) is 3.22. The Morgan fingerprint density at radius 3 is 2.37 bits per heavy atom. The molecule has 0 radical (unpaired) electrons. The molecule has 7 heteroatoms. The number of nitrogens with zero attached hydrogens (tertiary/aromatic N) is 2. The third-order valence-electron chi connectivity index (χ3n) is 4.85. The summed E-state index contributed by atoms with van der Waals surface area (Å²) in [5.41, 5.74) is 2.30. The van der Waals surface area contributed by atoms with Crippen LogP contribution in [0.15, 0.2) is 48.5 Å². The van der Waals surface area contributed by atoms with Gasteiger partial charge >= 0.3 is 5.97 Å². The smallest absolute Gasteiger partial charge is 0.347 e. The van der Waals surface area contributed by atoms with E-state index in [9.17, 15) is 9.59 Å². The molecule has 2 aromatic rings. The lowest BCUT2D eigenvalue weighted by Gasteiger charge is -2.28. The van der Waals surface area contributed by atoms with E-state index < -0.39 is 24.6 Å². The van der Waals surface area contributed by atoms with E-state index in [4.69, 9.17) is 14.7 Å². The summed E-state index contributed by atoms with van der Waals surface area (Å²) in [6.07, 6.45) is 2.81. The van der Waals surface area contributed by atoms with Crippen molar-refractivity contribution in [1.82, 2.24) is 0 Å². The van der Waals surface area contributed by atoms with E-state index in [0.717, 1.165) is 18.8 Å². The molecule has 0 aliphatic carbocycles. The fraction of sp³-hybridized carbons (Fsp3) is 0.348. The normalized spacial score (nSPS) is 14.3. The summed E-state index contributed by atoms with van der Waals surface area (Å²) in [7, 11) is 0. The Labute approximate surface area is 176 Å². The number of ether oxygens (including phenoxy) is 2. The number of esters is 1. The van der Waals surface area contributed by atoms with Gasteiger partial charge in [-0.05, 0) is 74.7 Å². The van der Waals surface area contributed by atoms with Gasteiger partial charge in [0.15, 0.2) is 12.7 Å². The number of amides is 1. The van der Waals surface area contributed by atoms with Crippen molar-refractivity contribution in [1.29, 1.82) is 5.26 Å². The van der Waals surface area contributed by atoms with Crippen molar-refractivity contribution < 1.29 is 19.1 Å². The standard InChI is InChI=1S/C23H25N3O4/c1-17(30-21-11-5-18(15-24)6-12-21)23(28)29-16-22(27)25-19-7-9-20(10-8-19)26-13-3-2-4-14-26/h5-12,17H,2-4,13-14,16H2,1H3,(H,25,27)/t17-/m1/s1. The van der Waals surface area contributed by atoms with Gasteiger partial charge in [-0.2, -0.15) is 5.26 Å². The van der Waals surface area contributed by atoms with Crippen LogP contribution in [0.3, 0.4) is 0 Å². The Morgan fingerprint density at radius 2 is 1.73 bits per heavy atom. The van der Waals surface area contributed by atoms with Gasteiger partial charge < -0.3 is 19.7 Å². The molecule has 30 heavy (non-hydrogen) atoms. The first-order valence-corrected chi connectivity index (χ1v) is 10.0. The lowest BCUT2D eigenvalue weighted by molar-refractivity contribution is -0.153. The van der Waals surface area contributed by atoms with Crippen LogP contribution < -0.4 is 15.0 Å². The highest BCUT2D eigenvalue weighted by molar-refractivity contribution is 5.93. The zero-order valence-corrected chi connectivity index (χ0v) is 17.0. The molecule has 3 rings (SSSR count). The van der Waals surface area contributed by atoms with Crippen molar-refractivity contribution in [2.75, 3.05) is 29.9 Å². The van der Waals surface area contributed by atoms with E-state index in [0.29, 0.717) is 17.0 Å². The van der Waals surface area contributed by atoms with Crippen LogP contribution in [-0.4, -0.2) is 37.7 Å². The summed E-state index contributed by atoms with van der Waals surface area (Å²) in [6, 6.07) is 16.1. The maximum absolute atomic E-state index is 12.1. The van der Waals surface area contributed by atoms with Crippen molar-refractivity contribution in [2.45, 2.75) is 32.3 Å². The molecular formula is C23H25N3O4. The first kappa shape index (κ1) is 21.2. The zero-order valence-electron chi connectivity index (χ0n) is 17.0. The predicted molar refractivity (Wildman–Crippen MR) is 113 cm³/mol. The topological polar surface area (TPSA) is 91.7 Å². The molecule has 1 heterocycles. The minimum atomic E-state index is -0.880. The molecule has 1 saturated heterocycles. The first-order valence-electron chi connectivity index (χ1n) is 10.0. The van der Waals surface area contributed by atoms with Crippen LogP contribution in [0.5, 0.6) is 5.75 Å². The number of nitriles is 1. The summed E-state index contributed by atoms with van der Waals surface area (Å²) in [4.78, 5) is 26.5. The Morgan fingerprint density at radius 1 is 1.07 bits per heavy atom. The predicted octanol–water partition coefficient (Wildman–Crippen LogP) is 3.50. The van der Waals surface area contributed by atoms with E-state index in [2.05, 4.69) is 10.2 Å². The monoisotopic (exact) mass is 407 g/mol. The van der Waals surface area contributed by atoms with Gasteiger partial charge in [0, 0.05) is 24.5 Å². The number of anilines is 2. The maximum atomic E-state index is 12.1. The van der Waals surface area contributed by atoms with Crippen LogP contribution in [0.2, 0.25) is 0 Å². The summed E-state index contributed by atoms with van der Waals surface area (Å²) >= 11 is 0. The van der Waals surface area contributed by atoms with Gasteiger partial charge in [-0.25, -0.2) is 4.79 Å². The van der Waals surface area contributed by atoms with Gasteiger partial charge in [-0.15, -0.1) is 0 Å². The summed E-state index contributed by atoms with van der Waals surface area (Å²) in [5, 5.41) is 11.5. The lowest BCUT2D eigenvalue weighted by atomic mass is 10.1. The van der Waals surface area contributed by atoms with Crippen LogP contribution in [0.4, 0.5) is 11.4 Å². The molecule has 1 N–H and O–H groups in total. The maximum Gasteiger partial charge on any atom is 0.347 e. The van der Waals surface area contributed by atoms with E-state index >= 15 is 0 Å². The third-order valence-corrected chi connectivity index (χ3v) is 4.85. The zero-order chi connectivity index (χ0) is 21.3. The first-order chi connectivity index (χ1) is 14.5. The molecule has 0 saturated carbocycles. The van der Waals surface area contributed by atoms with Gasteiger partial charge in [0.1, 0.15) is 5.75 Å². The Bertz CT molecular complexity index is 898. The van der Waals surface area contributed by atoms with Crippen molar-refractivity contribution in [3.05, 3.63) is 54.1 Å². The SMILES string of the molecule is C[C@@H](Oc1ccc(C#N)cc1)C(=O)OCC(=O)Nc1ccc(N2CCCCC2)cc1. The molecule has 1 aliphatic rings. The number of carbonyl (C=O) groups excluding carboxylic acids is 2. The Hall–Kier alpha value is -3.53. The second kappa shape index (κ2) is 10.3. The molecule has 1 amide bonds. The second-order valence-corrected chi connectivity index (χ2v) is 7.15. The Kier molecular flexibility index (Phi) is 7.28. The van der Waals surface area contributed by atoms with Crippen molar-refractivity contribution in [3.63, 3.8) is 0 Å². The van der Waals surface area contributed by atoms with Crippen LogP contribution in [-0.2, 0) is 14.3 Å². The largest absolute Gasteiger partial charge is 0.479 e. The lowest BCUT2D eigenvalue weighted by Crippen LogP contribution is -2.30. The van der Waals surface area contributed by atoms with Gasteiger partial charge in [-0.1, -0.05) is 0 Å². The van der Waals surface area contributed by atoms with Crippen LogP contribution in [0, 0.1) is 11.3 Å². The number of carbonyl (C=O) groups is 2. The van der Waals surface area contributed by atoms with Crippen molar-refractivity contribution in [3.8, 4) is 11.8 Å². The number of hydrogen-bond donors (Lipinski definition) is 1.